The number of nitrogens with zero attached hydrogens (tertiary/aromatic N) is 1. The Kier molecular flexibility index (Phi) is 6.58. The van der Waals surface area contributed by atoms with Crippen molar-refractivity contribution in [2.45, 2.75) is 44.3 Å². The minimum Gasteiger partial charge on any atom is -0.406 e. The summed E-state index contributed by atoms with van der Waals surface area (Å²) in [5.74, 6) is -0.376. The Morgan fingerprint density at radius 1 is 1.19 bits per heavy atom. The number of piperidine rings is 1. The second-order valence-corrected chi connectivity index (χ2v) is 8.74. The minimum absolute atomic E-state index is 0.222. The summed E-state index contributed by atoms with van der Waals surface area (Å²) in [5, 5.41) is 2.07. The fraction of sp³-hybridized carbons (Fsp3) is 0.562. The van der Waals surface area contributed by atoms with Crippen molar-refractivity contribution in [1.29, 1.82) is 0 Å². The number of alkyl halides is 3. The number of ether oxygens (including phenoxy) is 1. The lowest BCUT2D eigenvalue weighted by atomic mass is 10.1. The molecule has 1 fully saturated rings. The summed E-state index contributed by atoms with van der Waals surface area (Å²) < 4.78 is 66.6. The average molecular weight is 409 g/mol. The Morgan fingerprint density at radius 3 is 2.22 bits per heavy atom. The molecule has 1 saturated heterocycles. The molecule has 0 aromatic heterocycles. The van der Waals surface area contributed by atoms with Gasteiger partial charge in [-0.15, -0.1) is 13.2 Å². The first-order valence-corrected chi connectivity index (χ1v) is 9.94. The van der Waals surface area contributed by atoms with E-state index in [4.69, 9.17) is 0 Å². The number of rotatable bonds is 5. The molecule has 0 saturated carbocycles. The molecule has 2 amide bonds. The smallest absolute Gasteiger partial charge is 0.406 e. The monoisotopic (exact) mass is 409 g/mol. The Bertz CT molecular complexity index is 743. The van der Waals surface area contributed by atoms with Gasteiger partial charge in [0.15, 0.2) is 0 Å². The van der Waals surface area contributed by atoms with E-state index < -0.39 is 27.7 Å². The molecule has 27 heavy (non-hydrogen) atoms. The number of carbonyl (C=O) groups excluding carboxylic acids is 1. The number of anilines is 1. The fourth-order valence-electron chi connectivity index (χ4n) is 2.51. The topological polar surface area (TPSA) is 87.7 Å². The van der Waals surface area contributed by atoms with Crippen LogP contribution in [0.15, 0.2) is 24.3 Å². The lowest BCUT2D eigenvalue weighted by Crippen LogP contribution is -2.48. The first kappa shape index (κ1) is 21.3. The van der Waals surface area contributed by atoms with Gasteiger partial charge >= 0.3 is 12.4 Å². The van der Waals surface area contributed by atoms with Gasteiger partial charge in [0.1, 0.15) is 5.75 Å². The van der Waals surface area contributed by atoms with Crippen molar-refractivity contribution in [3.63, 3.8) is 0 Å². The van der Waals surface area contributed by atoms with Crippen molar-refractivity contribution in [2.75, 3.05) is 18.4 Å². The van der Waals surface area contributed by atoms with E-state index in [0.29, 0.717) is 31.6 Å². The van der Waals surface area contributed by atoms with Crippen molar-refractivity contribution in [2.24, 2.45) is 0 Å². The van der Waals surface area contributed by atoms with Gasteiger partial charge in [0, 0.05) is 24.8 Å². The number of sulfonamides is 1. The van der Waals surface area contributed by atoms with E-state index in [0.717, 1.165) is 12.1 Å². The van der Waals surface area contributed by atoms with E-state index in [1.165, 1.54) is 17.0 Å². The van der Waals surface area contributed by atoms with Gasteiger partial charge in [0.2, 0.25) is 10.0 Å². The number of likely N-dealkylation sites (tertiary alicyclic amines) is 1. The number of nitrogens with one attached hydrogen (secondary N) is 2. The SMILES string of the molecule is CC(C)S(=O)(=O)NC1CCN(C(=O)Nc2ccc(OC(F)(F)F)cc2)CC1. The Morgan fingerprint density at radius 2 is 1.74 bits per heavy atom. The summed E-state index contributed by atoms with van der Waals surface area (Å²) in [7, 11) is -3.36. The second-order valence-electron chi connectivity index (χ2n) is 6.48. The van der Waals surface area contributed by atoms with Crippen molar-refractivity contribution >= 4 is 21.7 Å². The highest BCUT2D eigenvalue weighted by Gasteiger charge is 2.31. The van der Waals surface area contributed by atoms with E-state index in [2.05, 4.69) is 14.8 Å². The highest BCUT2D eigenvalue weighted by molar-refractivity contribution is 7.90. The molecule has 1 aromatic rings. The van der Waals surface area contributed by atoms with Crippen LogP contribution >= 0.6 is 0 Å². The normalized spacial score (nSPS) is 16.4. The molecule has 0 bridgehead atoms. The minimum atomic E-state index is -4.77. The highest BCUT2D eigenvalue weighted by Crippen LogP contribution is 2.24. The second kappa shape index (κ2) is 8.34. The largest absolute Gasteiger partial charge is 0.573 e. The number of hydrogen-bond acceptors (Lipinski definition) is 4. The summed E-state index contributed by atoms with van der Waals surface area (Å²) in [6.45, 7) is 3.92. The van der Waals surface area contributed by atoms with Crippen LogP contribution in [0.5, 0.6) is 5.75 Å². The van der Waals surface area contributed by atoms with Gasteiger partial charge in [0.25, 0.3) is 0 Å². The molecule has 7 nitrogen and oxygen atoms in total. The van der Waals surface area contributed by atoms with Crippen LogP contribution in [-0.4, -0.2) is 50.1 Å². The number of carbonyl (C=O) groups is 1. The van der Waals surface area contributed by atoms with Gasteiger partial charge < -0.3 is 15.0 Å². The molecule has 1 aliphatic heterocycles. The van der Waals surface area contributed by atoms with Gasteiger partial charge in [-0.3, -0.25) is 0 Å². The van der Waals surface area contributed by atoms with Gasteiger partial charge in [-0.25, -0.2) is 17.9 Å². The van der Waals surface area contributed by atoms with Crippen LogP contribution in [0.3, 0.4) is 0 Å². The van der Waals surface area contributed by atoms with Crippen LogP contribution in [0.4, 0.5) is 23.7 Å². The molecule has 0 unspecified atom stereocenters. The van der Waals surface area contributed by atoms with E-state index in [-0.39, 0.29) is 11.8 Å². The van der Waals surface area contributed by atoms with E-state index in [1.54, 1.807) is 13.8 Å². The molecule has 0 spiro atoms. The maximum Gasteiger partial charge on any atom is 0.573 e. The third-order valence-electron chi connectivity index (χ3n) is 4.07. The van der Waals surface area contributed by atoms with Crippen molar-refractivity contribution in [3.8, 4) is 5.75 Å². The summed E-state index contributed by atoms with van der Waals surface area (Å²) in [6, 6.07) is 4.21. The zero-order valence-electron chi connectivity index (χ0n) is 14.9. The van der Waals surface area contributed by atoms with Gasteiger partial charge in [0.05, 0.1) is 5.25 Å². The Hall–Kier alpha value is -2.01. The van der Waals surface area contributed by atoms with Crippen molar-refractivity contribution in [3.05, 3.63) is 24.3 Å². The molecular weight excluding hydrogens is 387 g/mol. The van der Waals surface area contributed by atoms with Gasteiger partial charge in [-0.05, 0) is 51.0 Å². The van der Waals surface area contributed by atoms with E-state index >= 15 is 0 Å². The molecular formula is C16H22F3N3O4S. The van der Waals surface area contributed by atoms with E-state index in [1.807, 2.05) is 0 Å². The zero-order valence-corrected chi connectivity index (χ0v) is 15.7. The van der Waals surface area contributed by atoms with Crippen LogP contribution in [-0.2, 0) is 10.0 Å². The number of benzene rings is 1. The molecule has 11 heteroatoms. The molecule has 0 atom stereocenters. The highest BCUT2D eigenvalue weighted by atomic mass is 32.2. The molecule has 2 rings (SSSR count). The quantitative estimate of drug-likeness (QED) is 0.783. The van der Waals surface area contributed by atoms with Crippen LogP contribution < -0.4 is 14.8 Å². The first-order chi connectivity index (χ1) is 12.5. The molecule has 1 aromatic carbocycles. The number of amides is 2. The molecule has 1 aliphatic rings. The molecule has 152 valence electrons. The average Bonchev–Trinajstić information content (AvgIpc) is 2.55. The fourth-order valence-corrected chi connectivity index (χ4v) is 3.48. The summed E-state index contributed by atoms with van der Waals surface area (Å²) in [5.41, 5.74) is 0.331. The summed E-state index contributed by atoms with van der Waals surface area (Å²) in [6.07, 6.45) is -3.80. The number of urea groups is 1. The first-order valence-electron chi connectivity index (χ1n) is 8.39. The van der Waals surface area contributed by atoms with Crippen LogP contribution in [0, 0.1) is 0 Å². The number of halogens is 3. The van der Waals surface area contributed by atoms with Crippen LogP contribution in [0.25, 0.3) is 0 Å². The summed E-state index contributed by atoms with van der Waals surface area (Å²) >= 11 is 0. The lowest BCUT2D eigenvalue weighted by Gasteiger charge is -2.32. The predicted molar refractivity (Wildman–Crippen MR) is 93.9 cm³/mol. The Labute approximate surface area is 155 Å². The maximum atomic E-state index is 12.2. The third-order valence-corrected chi connectivity index (χ3v) is 5.98. The number of hydrogen-bond donors (Lipinski definition) is 2. The maximum absolute atomic E-state index is 12.2. The van der Waals surface area contributed by atoms with Crippen molar-refractivity contribution < 1.29 is 31.1 Å². The summed E-state index contributed by atoms with van der Waals surface area (Å²) in [4.78, 5) is 13.8. The lowest BCUT2D eigenvalue weighted by molar-refractivity contribution is -0.274. The van der Waals surface area contributed by atoms with Crippen molar-refractivity contribution in [1.82, 2.24) is 9.62 Å². The Balaban J connectivity index is 1.84. The molecule has 2 N–H and O–H groups in total. The van der Waals surface area contributed by atoms with Gasteiger partial charge in [-0.1, -0.05) is 0 Å². The predicted octanol–water partition coefficient (Wildman–Crippen LogP) is 2.91. The zero-order chi connectivity index (χ0) is 20.2. The molecule has 0 aliphatic carbocycles. The van der Waals surface area contributed by atoms with Crippen LogP contribution in [0.1, 0.15) is 26.7 Å². The third kappa shape index (κ3) is 6.58. The molecule has 1 heterocycles. The van der Waals surface area contributed by atoms with Crippen LogP contribution in [0.2, 0.25) is 0 Å². The van der Waals surface area contributed by atoms with Gasteiger partial charge in [-0.2, -0.15) is 0 Å². The van der Waals surface area contributed by atoms with E-state index in [9.17, 15) is 26.4 Å². The standard InChI is InChI=1S/C16H22F3N3O4S/c1-11(2)27(24,25)21-13-7-9-22(10-8-13)15(23)20-12-3-5-14(6-4-12)26-16(17,18)19/h3-6,11,13,21H,7-10H2,1-2H3,(H,20,23). The molecule has 0 radical (unpaired) electrons.